The number of aryl methyl sites for hydroxylation is 6. The summed E-state index contributed by atoms with van der Waals surface area (Å²) in [5, 5.41) is 2.77. The quantitative estimate of drug-likeness (QED) is 0.210. The Morgan fingerprint density at radius 3 is 0.977 bits per heavy atom. The second-order valence-corrected chi connectivity index (χ2v) is 12.7. The number of hydrogen-bond donors (Lipinski definition) is 0. The lowest BCUT2D eigenvalue weighted by atomic mass is 9.68. The van der Waals surface area contributed by atoms with Crippen molar-refractivity contribution in [1.82, 2.24) is 0 Å². The minimum absolute atomic E-state index is 0.843. The molecule has 43 heavy (non-hydrogen) atoms. The Labute approximate surface area is 254 Å². The third kappa shape index (κ3) is 3.74. The maximum Gasteiger partial charge on any atom is 0.146 e. The molecule has 210 valence electrons. The van der Waals surface area contributed by atoms with E-state index >= 15 is 0 Å². The average molecular weight is 557 g/mol. The summed E-state index contributed by atoms with van der Waals surface area (Å²) in [5.41, 5.74) is 13.2. The van der Waals surface area contributed by atoms with Gasteiger partial charge >= 0.3 is 0 Å². The molecule has 0 bridgehead atoms. The first-order valence-electron chi connectivity index (χ1n) is 15.5. The minimum atomic E-state index is -0.843. The maximum absolute atomic E-state index is 8.08. The van der Waals surface area contributed by atoms with Crippen LogP contribution in [0.1, 0.15) is 66.8 Å². The topological polar surface area (TPSA) is 9.23 Å². The summed E-state index contributed by atoms with van der Waals surface area (Å²) in [7, 11) is 0. The van der Waals surface area contributed by atoms with Gasteiger partial charge in [-0.15, -0.1) is 0 Å². The molecule has 0 unspecified atom stereocenters. The van der Waals surface area contributed by atoms with Gasteiger partial charge in [-0.25, -0.2) is 0 Å². The van der Waals surface area contributed by atoms with Gasteiger partial charge in [0.25, 0.3) is 0 Å². The van der Waals surface area contributed by atoms with Gasteiger partial charge in [-0.2, -0.15) is 0 Å². The molecule has 1 aliphatic carbocycles. The molecule has 0 saturated carbocycles. The monoisotopic (exact) mass is 556 g/mol. The molecule has 0 amide bonds. The molecule has 0 radical (unpaired) electrons. The average Bonchev–Trinajstić information content (AvgIpc) is 3.46. The molecular formula is C42H36O. The third-order valence-electron chi connectivity index (χ3n) is 9.89. The molecule has 2 aliphatic rings. The van der Waals surface area contributed by atoms with E-state index in [4.69, 9.17) is 4.74 Å². The van der Waals surface area contributed by atoms with Crippen molar-refractivity contribution in [3.8, 4) is 0 Å². The normalized spacial score (nSPS) is 16.0. The fourth-order valence-corrected chi connectivity index (χ4v) is 7.60. The highest BCUT2D eigenvalue weighted by atomic mass is 16.5. The van der Waals surface area contributed by atoms with Gasteiger partial charge in [0.2, 0.25) is 0 Å². The van der Waals surface area contributed by atoms with E-state index in [1.165, 1.54) is 55.3 Å². The van der Waals surface area contributed by atoms with Crippen LogP contribution in [0.4, 0.5) is 0 Å². The molecule has 1 heterocycles. The van der Waals surface area contributed by atoms with E-state index in [1.807, 2.05) is 0 Å². The van der Waals surface area contributed by atoms with Gasteiger partial charge in [0.1, 0.15) is 11.2 Å². The molecule has 0 atom stereocenters. The molecule has 1 aliphatic heterocycles. The number of hydrogen-bond acceptors (Lipinski definition) is 1. The van der Waals surface area contributed by atoms with Crippen LogP contribution in [0.5, 0.6) is 0 Å². The predicted octanol–water partition coefficient (Wildman–Crippen LogP) is 9.79. The highest BCUT2D eigenvalue weighted by Crippen LogP contribution is 2.59. The first-order chi connectivity index (χ1) is 20.9. The van der Waals surface area contributed by atoms with Crippen LogP contribution in [0.2, 0.25) is 0 Å². The van der Waals surface area contributed by atoms with Crippen LogP contribution in [0.25, 0.3) is 10.8 Å². The van der Waals surface area contributed by atoms with Gasteiger partial charge in [0.05, 0.1) is 0 Å². The molecular weight excluding hydrogens is 520 g/mol. The van der Waals surface area contributed by atoms with Crippen LogP contribution in [0.3, 0.4) is 0 Å². The van der Waals surface area contributed by atoms with E-state index in [2.05, 4.69) is 149 Å². The van der Waals surface area contributed by atoms with Crippen molar-refractivity contribution >= 4 is 10.8 Å². The lowest BCUT2D eigenvalue weighted by Gasteiger charge is -2.50. The van der Waals surface area contributed by atoms with Crippen molar-refractivity contribution in [2.75, 3.05) is 0 Å². The van der Waals surface area contributed by atoms with E-state index < -0.39 is 11.2 Å². The molecule has 0 aromatic heterocycles. The zero-order valence-corrected chi connectivity index (χ0v) is 25.4. The summed E-state index contributed by atoms with van der Waals surface area (Å²) in [6, 6.07) is 45.5. The summed E-state index contributed by atoms with van der Waals surface area (Å²) in [6.45, 7) is 8.63. The van der Waals surface area contributed by atoms with Crippen LogP contribution in [-0.2, 0) is 28.8 Å². The lowest BCUT2D eigenvalue weighted by molar-refractivity contribution is -0.0849. The Balaban J connectivity index is 1.60. The van der Waals surface area contributed by atoms with Gasteiger partial charge in [-0.3, -0.25) is 0 Å². The fourth-order valence-electron chi connectivity index (χ4n) is 7.60. The number of benzene rings is 6. The largest absolute Gasteiger partial charge is 0.340 e. The fraction of sp³-hybridized carbons (Fsp3) is 0.190. The summed E-state index contributed by atoms with van der Waals surface area (Å²) in [6.07, 6.45) is 2.17. The highest BCUT2D eigenvalue weighted by molar-refractivity contribution is 5.99. The lowest BCUT2D eigenvalue weighted by Crippen LogP contribution is -2.47. The van der Waals surface area contributed by atoms with E-state index in [1.54, 1.807) is 0 Å². The summed E-state index contributed by atoms with van der Waals surface area (Å²) < 4.78 is 8.08. The van der Waals surface area contributed by atoms with Crippen molar-refractivity contribution in [1.29, 1.82) is 0 Å². The van der Waals surface area contributed by atoms with Crippen LogP contribution < -0.4 is 0 Å². The van der Waals surface area contributed by atoms with E-state index in [-0.39, 0.29) is 0 Å². The van der Waals surface area contributed by atoms with Crippen LogP contribution in [0.15, 0.2) is 121 Å². The standard InChI is InChI=1S/C42H36O/c1-27-5-17-33(18-6-27)41(34-19-7-28(2)8-20-34)37-25-15-31-13-14-32-16-26-38(40(37)39(31)32)42(43-41,35-21-9-29(3)10-22-35)36-23-11-30(4)12-24-36/h5-12,15-26H,13-14H2,1-4H3. The Kier molecular flexibility index (Phi) is 5.80. The van der Waals surface area contributed by atoms with Crippen molar-refractivity contribution in [2.24, 2.45) is 0 Å². The maximum atomic E-state index is 8.08. The second kappa shape index (κ2) is 9.53. The van der Waals surface area contributed by atoms with Gasteiger partial charge in [-0.1, -0.05) is 144 Å². The third-order valence-corrected chi connectivity index (χ3v) is 9.89. The Morgan fingerprint density at radius 2 is 0.674 bits per heavy atom. The van der Waals surface area contributed by atoms with Crippen molar-refractivity contribution in [3.05, 3.63) is 188 Å². The number of ether oxygens (including phenoxy) is 1. The Hall–Kier alpha value is -4.46. The molecule has 1 heteroatoms. The summed E-state index contributed by atoms with van der Waals surface area (Å²) in [4.78, 5) is 0. The molecule has 8 rings (SSSR count). The molecule has 6 aromatic carbocycles. The minimum Gasteiger partial charge on any atom is -0.340 e. The van der Waals surface area contributed by atoms with E-state index in [0.29, 0.717) is 0 Å². The molecule has 0 saturated heterocycles. The van der Waals surface area contributed by atoms with E-state index in [9.17, 15) is 0 Å². The predicted molar refractivity (Wildman–Crippen MR) is 177 cm³/mol. The van der Waals surface area contributed by atoms with Crippen LogP contribution >= 0.6 is 0 Å². The molecule has 1 nitrogen and oxygen atoms in total. The van der Waals surface area contributed by atoms with Gasteiger partial charge in [0.15, 0.2) is 0 Å². The molecule has 6 aromatic rings. The van der Waals surface area contributed by atoms with Crippen molar-refractivity contribution < 1.29 is 4.74 Å². The molecule has 0 N–H and O–H groups in total. The first kappa shape index (κ1) is 26.2. The highest BCUT2D eigenvalue weighted by Gasteiger charge is 2.54. The Morgan fingerprint density at radius 1 is 0.372 bits per heavy atom. The SMILES string of the molecule is Cc1ccc(C2(c3ccc(C)cc3)OC(c3ccc(C)cc3)(c3ccc(C)cc3)c3ccc4c5c(ccc2c35)CC4)cc1. The second-order valence-electron chi connectivity index (χ2n) is 12.7. The van der Waals surface area contributed by atoms with Crippen LogP contribution in [-0.4, -0.2) is 0 Å². The Bertz CT molecular complexity index is 1760. The first-order valence-corrected chi connectivity index (χ1v) is 15.5. The van der Waals surface area contributed by atoms with Gasteiger partial charge < -0.3 is 4.74 Å². The summed E-state index contributed by atoms with van der Waals surface area (Å²) in [5.74, 6) is 0. The summed E-state index contributed by atoms with van der Waals surface area (Å²) >= 11 is 0. The smallest absolute Gasteiger partial charge is 0.146 e. The van der Waals surface area contributed by atoms with E-state index in [0.717, 1.165) is 35.1 Å². The van der Waals surface area contributed by atoms with Crippen LogP contribution in [0, 0.1) is 27.7 Å². The molecule has 0 fully saturated rings. The molecule has 0 spiro atoms. The van der Waals surface area contributed by atoms with Crippen molar-refractivity contribution in [2.45, 2.75) is 51.7 Å². The zero-order valence-electron chi connectivity index (χ0n) is 25.4. The zero-order chi connectivity index (χ0) is 29.3. The number of rotatable bonds is 4. The van der Waals surface area contributed by atoms with Gasteiger partial charge in [0, 0.05) is 11.1 Å². The van der Waals surface area contributed by atoms with Crippen molar-refractivity contribution in [3.63, 3.8) is 0 Å². The van der Waals surface area contributed by atoms with Gasteiger partial charge in [-0.05, 0) is 84.7 Å².